The molecule has 1 aliphatic rings. The van der Waals surface area contributed by atoms with Gasteiger partial charge in [-0.2, -0.15) is 0 Å². The zero-order valence-electron chi connectivity index (χ0n) is 12.5. The summed E-state index contributed by atoms with van der Waals surface area (Å²) < 4.78 is 5.37. The van der Waals surface area contributed by atoms with Gasteiger partial charge in [-0.1, -0.05) is 48.5 Å². The van der Waals surface area contributed by atoms with Crippen molar-refractivity contribution in [2.75, 3.05) is 4.90 Å². The molecule has 0 spiro atoms. The molecule has 0 bridgehead atoms. The molecule has 1 unspecified atom stereocenters. The quantitative estimate of drug-likeness (QED) is 0.941. The largest absolute Gasteiger partial charge is 0.481 e. The van der Waals surface area contributed by atoms with Crippen LogP contribution in [0.1, 0.15) is 17.5 Å². The number of benzene rings is 2. The third kappa shape index (κ3) is 3.34. The maximum absolute atomic E-state index is 12.5. The van der Waals surface area contributed by atoms with Crippen LogP contribution in [0.4, 0.5) is 10.5 Å². The Morgan fingerprint density at radius 1 is 1.09 bits per heavy atom. The number of anilines is 1. The average molecular weight is 311 g/mol. The van der Waals surface area contributed by atoms with E-state index in [1.54, 1.807) is 0 Å². The summed E-state index contributed by atoms with van der Waals surface area (Å²) in [6.45, 7) is 0.165. The number of carboxylic acid groups (broad SMARTS) is 1. The van der Waals surface area contributed by atoms with Crippen molar-refractivity contribution in [2.45, 2.75) is 25.5 Å². The second-order valence-corrected chi connectivity index (χ2v) is 5.49. The topological polar surface area (TPSA) is 66.8 Å². The number of nitrogens with zero attached hydrogens (tertiary/aromatic N) is 1. The summed E-state index contributed by atoms with van der Waals surface area (Å²) in [5.41, 5.74) is 2.59. The van der Waals surface area contributed by atoms with Gasteiger partial charge in [-0.15, -0.1) is 0 Å². The number of hydrogen-bond donors (Lipinski definition) is 1. The van der Waals surface area contributed by atoms with Crippen LogP contribution in [0.15, 0.2) is 54.6 Å². The molecular formula is C18H17NO4. The molecule has 0 saturated heterocycles. The van der Waals surface area contributed by atoms with Gasteiger partial charge in [-0.3, -0.25) is 9.69 Å². The third-order valence-electron chi connectivity index (χ3n) is 3.88. The fourth-order valence-electron chi connectivity index (χ4n) is 2.86. The Morgan fingerprint density at radius 2 is 1.78 bits per heavy atom. The maximum Gasteiger partial charge on any atom is 0.414 e. The van der Waals surface area contributed by atoms with E-state index in [1.165, 1.54) is 4.90 Å². The molecule has 0 fully saturated rings. The second kappa shape index (κ2) is 6.52. The molecular weight excluding hydrogens is 294 g/mol. The molecule has 2 aromatic carbocycles. The molecule has 118 valence electrons. The van der Waals surface area contributed by atoms with Crippen molar-refractivity contribution in [3.05, 3.63) is 65.7 Å². The molecule has 0 saturated carbocycles. The first-order chi connectivity index (χ1) is 11.1. The molecule has 5 heteroatoms. The van der Waals surface area contributed by atoms with Crippen molar-refractivity contribution in [3.8, 4) is 0 Å². The number of carbonyl (C=O) groups excluding carboxylic acids is 1. The van der Waals surface area contributed by atoms with Gasteiger partial charge in [-0.05, 0) is 23.6 Å². The SMILES string of the molecule is O=C(O)CC1Cc2ccccc2N1C(=O)OCc1ccccc1. The maximum atomic E-state index is 12.5. The monoisotopic (exact) mass is 311 g/mol. The van der Waals surface area contributed by atoms with Gasteiger partial charge >= 0.3 is 12.1 Å². The molecule has 1 atom stereocenters. The first kappa shape index (κ1) is 15.1. The Bertz CT molecular complexity index is 714. The molecule has 2 aromatic rings. The zero-order valence-corrected chi connectivity index (χ0v) is 12.5. The minimum Gasteiger partial charge on any atom is -0.481 e. The van der Waals surface area contributed by atoms with E-state index in [2.05, 4.69) is 0 Å². The zero-order chi connectivity index (χ0) is 16.2. The predicted molar refractivity (Wildman–Crippen MR) is 85.3 cm³/mol. The van der Waals surface area contributed by atoms with Gasteiger partial charge < -0.3 is 9.84 Å². The van der Waals surface area contributed by atoms with Gasteiger partial charge in [-0.25, -0.2) is 4.79 Å². The number of rotatable bonds is 4. The molecule has 0 aromatic heterocycles. The fraction of sp³-hybridized carbons (Fsp3) is 0.222. The molecule has 5 nitrogen and oxygen atoms in total. The summed E-state index contributed by atoms with van der Waals surface area (Å²) in [7, 11) is 0. The smallest absolute Gasteiger partial charge is 0.414 e. The highest BCUT2D eigenvalue weighted by Crippen LogP contribution is 2.34. The fourth-order valence-corrected chi connectivity index (χ4v) is 2.86. The number of amides is 1. The Labute approximate surface area is 134 Å². The Balaban J connectivity index is 1.76. The second-order valence-electron chi connectivity index (χ2n) is 5.49. The van der Waals surface area contributed by atoms with E-state index in [4.69, 9.17) is 9.84 Å². The third-order valence-corrected chi connectivity index (χ3v) is 3.88. The average Bonchev–Trinajstić information content (AvgIpc) is 2.90. The first-order valence-electron chi connectivity index (χ1n) is 7.45. The van der Waals surface area contributed by atoms with E-state index < -0.39 is 18.1 Å². The van der Waals surface area contributed by atoms with Crippen LogP contribution in [0.2, 0.25) is 0 Å². The molecule has 23 heavy (non-hydrogen) atoms. The van der Waals surface area contributed by atoms with Crippen LogP contribution in [0.3, 0.4) is 0 Å². The van der Waals surface area contributed by atoms with Crippen molar-refractivity contribution in [1.29, 1.82) is 0 Å². The van der Waals surface area contributed by atoms with E-state index >= 15 is 0 Å². The molecule has 1 heterocycles. The van der Waals surface area contributed by atoms with Crippen molar-refractivity contribution in [2.24, 2.45) is 0 Å². The summed E-state index contributed by atoms with van der Waals surface area (Å²) in [5.74, 6) is -0.927. The lowest BCUT2D eigenvalue weighted by molar-refractivity contribution is -0.137. The number of carbonyl (C=O) groups is 2. The van der Waals surface area contributed by atoms with Crippen LogP contribution >= 0.6 is 0 Å². The summed E-state index contributed by atoms with van der Waals surface area (Å²) in [6.07, 6.45) is -0.0806. The van der Waals surface area contributed by atoms with E-state index in [0.29, 0.717) is 6.42 Å². The van der Waals surface area contributed by atoms with Crippen LogP contribution in [-0.4, -0.2) is 23.2 Å². The standard InChI is InChI=1S/C18H17NO4/c20-17(21)11-15-10-14-8-4-5-9-16(14)19(15)18(22)23-12-13-6-2-1-3-7-13/h1-9,15H,10-12H2,(H,20,21). The highest BCUT2D eigenvalue weighted by atomic mass is 16.6. The normalized spacial score (nSPS) is 16.0. The van der Waals surface area contributed by atoms with Gasteiger partial charge in [0.1, 0.15) is 6.61 Å². The van der Waals surface area contributed by atoms with Crippen molar-refractivity contribution >= 4 is 17.7 Å². The van der Waals surface area contributed by atoms with Gasteiger partial charge in [0.2, 0.25) is 0 Å². The molecule has 0 aliphatic carbocycles. The molecule has 0 radical (unpaired) electrons. The van der Waals surface area contributed by atoms with Crippen molar-refractivity contribution in [1.82, 2.24) is 0 Å². The number of ether oxygens (including phenoxy) is 1. The molecule has 1 amide bonds. The summed E-state index contributed by atoms with van der Waals surface area (Å²) in [4.78, 5) is 25.0. The Morgan fingerprint density at radius 3 is 2.52 bits per heavy atom. The summed E-state index contributed by atoms with van der Waals surface area (Å²) in [5, 5.41) is 9.08. The Kier molecular flexibility index (Phi) is 4.28. The van der Waals surface area contributed by atoms with Crippen LogP contribution in [-0.2, 0) is 22.6 Å². The Hall–Kier alpha value is -2.82. The van der Waals surface area contributed by atoms with E-state index in [9.17, 15) is 9.59 Å². The van der Waals surface area contributed by atoms with E-state index in [1.807, 2.05) is 54.6 Å². The van der Waals surface area contributed by atoms with Crippen LogP contribution in [0.5, 0.6) is 0 Å². The number of hydrogen-bond acceptors (Lipinski definition) is 3. The summed E-state index contributed by atoms with van der Waals surface area (Å²) in [6, 6.07) is 16.4. The predicted octanol–water partition coefficient (Wildman–Crippen LogP) is 3.23. The lowest BCUT2D eigenvalue weighted by Gasteiger charge is -2.23. The lowest BCUT2D eigenvalue weighted by atomic mass is 10.1. The molecule has 1 aliphatic heterocycles. The minimum absolute atomic E-state index is 0.102. The highest BCUT2D eigenvalue weighted by molar-refractivity contribution is 5.92. The van der Waals surface area contributed by atoms with Crippen molar-refractivity contribution in [3.63, 3.8) is 0 Å². The van der Waals surface area contributed by atoms with Gasteiger partial charge in [0.25, 0.3) is 0 Å². The number of carboxylic acids is 1. The highest BCUT2D eigenvalue weighted by Gasteiger charge is 2.35. The lowest BCUT2D eigenvalue weighted by Crippen LogP contribution is -2.39. The molecule has 1 N–H and O–H groups in total. The van der Waals surface area contributed by atoms with Crippen LogP contribution < -0.4 is 4.90 Å². The van der Waals surface area contributed by atoms with E-state index in [-0.39, 0.29) is 13.0 Å². The van der Waals surface area contributed by atoms with Gasteiger partial charge in [0, 0.05) is 0 Å². The number of para-hydroxylation sites is 1. The number of aliphatic carboxylic acids is 1. The number of fused-ring (bicyclic) bond motifs is 1. The van der Waals surface area contributed by atoms with Gasteiger partial charge in [0.15, 0.2) is 0 Å². The molecule has 3 rings (SSSR count). The van der Waals surface area contributed by atoms with Gasteiger partial charge in [0.05, 0.1) is 18.2 Å². The van der Waals surface area contributed by atoms with E-state index in [0.717, 1.165) is 16.8 Å². The summed E-state index contributed by atoms with van der Waals surface area (Å²) >= 11 is 0. The minimum atomic E-state index is -0.927. The first-order valence-corrected chi connectivity index (χ1v) is 7.45. The van der Waals surface area contributed by atoms with Crippen LogP contribution in [0.25, 0.3) is 0 Å². The van der Waals surface area contributed by atoms with Crippen LogP contribution in [0, 0.1) is 0 Å². The van der Waals surface area contributed by atoms with Crippen molar-refractivity contribution < 1.29 is 19.4 Å².